The largest absolute Gasteiger partial charge is 0.484 e. The van der Waals surface area contributed by atoms with Gasteiger partial charge in [-0.25, -0.2) is 23.7 Å². The summed E-state index contributed by atoms with van der Waals surface area (Å²) in [6, 6.07) is 4.17. The fourth-order valence-electron chi connectivity index (χ4n) is 3.37. The summed E-state index contributed by atoms with van der Waals surface area (Å²) in [4.78, 5) is 24.8. The van der Waals surface area contributed by atoms with Crippen molar-refractivity contribution in [3.8, 4) is 17.8 Å². The Morgan fingerprint density at radius 1 is 1.22 bits per heavy atom. The maximum Gasteiger partial charge on any atom is 0.416 e. The van der Waals surface area contributed by atoms with Crippen molar-refractivity contribution < 1.29 is 31.5 Å². The minimum absolute atomic E-state index is 0.0323. The first-order valence-electron chi connectivity index (χ1n) is 10.6. The predicted octanol–water partition coefficient (Wildman–Crippen LogP) is 3.77. The van der Waals surface area contributed by atoms with Crippen LogP contribution in [0.15, 0.2) is 36.9 Å². The summed E-state index contributed by atoms with van der Waals surface area (Å²) >= 11 is 0. The van der Waals surface area contributed by atoms with E-state index in [0.717, 1.165) is 12.1 Å². The van der Waals surface area contributed by atoms with E-state index in [1.807, 2.05) is 6.07 Å². The molecule has 0 spiro atoms. The highest BCUT2D eigenvalue weighted by Gasteiger charge is 2.46. The zero-order chi connectivity index (χ0) is 26.1. The number of alkyl halides is 5. The molecule has 0 bridgehead atoms. The Hall–Kier alpha value is -4.15. The second kappa shape index (κ2) is 9.48. The molecule has 1 N–H and O–H groups in total. The van der Waals surface area contributed by atoms with E-state index in [-0.39, 0.29) is 28.6 Å². The topological polar surface area (TPSA) is 119 Å². The van der Waals surface area contributed by atoms with Crippen molar-refractivity contribution in [1.82, 2.24) is 30.0 Å². The Kier molecular flexibility index (Phi) is 6.57. The molecule has 1 unspecified atom stereocenters. The van der Waals surface area contributed by atoms with Gasteiger partial charge in [-0.1, -0.05) is 0 Å². The summed E-state index contributed by atoms with van der Waals surface area (Å²) in [5.41, 5.74) is -2.11. The zero-order valence-electron chi connectivity index (χ0n) is 18.6. The number of hydrogen-bond acceptors (Lipinski definition) is 7. The number of amides is 1. The smallest absolute Gasteiger partial charge is 0.416 e. The fourth-order valence-corrected chi connectivity index (χ4v) is 3.37. The average Bonchev–Trinajstić information content (AvgIpc) is 3.50. The molecule has 1 saturated carbocycles. The molecular formula is C22H18F5N7O2. The number of rotatable bonds is 8. The van der Waals surface area contributed by atoms with Gasteiger partial charge in [0.1, 0.15) is 12.9 Å². The van der Waals surface area contributed by atoms with Crippen molar-refractivity contribution in [2.45, 2.75) is 43.8 Å². The molecule has 36 heavy (non-hydrogen) atoms. The molecule has 2 heterocycles. The summed E-state index contributed by atoms with van der Waals surface area (Å²) < 4.78 is 70.7. The molecule has 1 aromatic carbocycles. The zero-order valence-corrected chi connectivity index (χ0v) is 18.6. The molecule has 1 fully saturated rings. The normalized spacial score (nSPS) is 15.3. The van der Waals surface area contributed by atoms with Gasteiger partial charge in [0.15, 0.2) is 11.6 Å². The fraction of sp³-hybridized carbons (Fsp3) is 0.364. The van der Waals surface area contributed by atoms with E-state index in [1.54, 1.807) is 0 Å². The maximum atomic E-state index is 13.4. The first-order chi connectivity index (χ1) is 17.0. The van der Waals surface area contributed by atoms with Gasteiger partial charge in [0.25, 0.3) is 18.3 Å². The first kappa shape index (κ1) is 25.0. The highest BCUT2D eigenvalue weighted by atomic mass is 19.4. The van der Waals surface area contributed by atoms with Gasteiger partial charge < -0.3 is 10.1 Å². The molecular weight excluding hydrogens is 489 g/mol. The third-order valence-corrected chi connectivity index (χ3v) is 5.48. The highest BCUT2D eigenvalue weighted by molar-refractivity contribution is 5.95. The third kappa shape index (κ3) is 5.40. The van der Waals surface area contributed by atoms with E-state index < -0.39 is 42.1 Å². The number of hydrogen-bond donors (Lipinski definition) is 1. The number of nitrogens with one attached hydrogen (secondary N) is 1. The lowest BCUT2D eigenvalue weighted by Crippen LogP contribution is -2.28. The highest BCUT2D eigenvalue weighted by Crippen LogP contribution is 2.48. The van der Waals surface area contributed by atoms with Crippen LogP contribution in [0.1, 0.15) is 53.1 Å². The van der Waals surface area contributed by atoms with Crippen molar-refractivity contribution in [3.63, 3.8) is 0 Å². The Morgan fingerprint density at radius 3 is 2.50 bits per heavy atom. The lowest BCUT2D eigenvalue weighted by molar-refractivity contribution is -0.137. The lowest BCUT2D eigenvalue weighted by atomic mass is 9.93. The Morgan fingerprint density at radius 2 is 1.92 bits per heavy atom. The second-order valence-corrected chi connectivity index (χ2v) is 8.15. The van der Waals surface area contributed by atoms with Crippen LogP contribution >= 0.6 is 0 Å². The van der Waals surface area contributed by atoms with Gasteiger partial charge in [0, 0.05) is 5.56 Å². The van der Waals surface area contributed by atoms with E-state index in [9.17, 15) is 32.0 Å². The van der Waals surface area contributed by atoms with Gasteiger partial charge in [-0.15, -0.1) is 5.10 Å². The number of nitrogens with zero attached hydrogens (tertiary/aromatic N) is 6. The van der Waals surface area contributed by atoms with Crippen LogP contribution in [0.3, 0.4) is 0 Å². The molecule has 188 valence electrons. The van der Waals surface area contributed by atoms with Gasteiger partial charge in [0.2, 0.25) is 0 Å². The molecule has 4 rings (SSSR count). The number of benzene rings is 1. The summed E-state index contributed by atoms with van der Waals surface area (Å²) in [5.74, 6) is -0.597. The summed E-state index contributed by atoms with van der Waals surface area (Å²) in [6.45, 7) is 0.726. The number of nitriles is 1. The first-order valence-corrected chi connectivity index (χ1v) is 10.6. The van der Waals surface area contributed by atoms with Crippen molar-refractivity contribution in [3.05, 3.63) is 59.4 Å². The summed E-state index contributed by atoms with van der Waals surface area (Å²) in [7, 11) is 0. The third-order valence-electron chi connectivity index (χ3n) is 5.48. The van der Waals surface area contributed by atoms with Crippen molar-refractivity contribution in [1.29, 1.82) is 5.26 Å². The quantitative estimate of drug-likeness (QED) is 0.461. The van der Waals surface area contributed by atoms with Crippen LogP contribution in [-0.2, 0) is 11.6 Å². The molecule has 0 saturated heterocycles. The van der Waals surface area contributed by atoms with E-state index >= 15 is 0 Å². The Balaban J connectivity index is 1.49. The van der Waals surface area contributed by atoms with Gasteiger partial charge in [0.05, 0.1) is 35.5 Å². The molecule has 1 atom stereocenters. The minimum Gasteiger partial charge on any atom is -0.484 e. The van der Waals surface area contributed by atoms with Gasteiger partial charge in [-0.2, -0.15) is 23.1 Å². The van der Waals surface area contributed by atoms with Crippen LogP contribution < -0.4 is 10.1 Å². The van der Waals surface area contributed by atoms with Gasteiger partial charge >= 0.3 is 6.18 Å². The lowest BCUT2D eigenvalue weighted by Gasteiger charge is -2.16. The number of halogens is 5. The molecule has 2 aromatic heterocycles. The number of carbonyl (C=O) groups is 1. The van der Waals surface area contributed by atoms with Gasteiger partial charge in [-0.3, -0.25) is 4.79 Å². The predicted molar refractivity (Wildman–Crippen MR) is 112 cm³/mol. The molecule has 9 nitrogen and oxygen atoms in total. The van der Waals surface area contributed by atoms with Gasteiger partial charge in [-0.05, 0) is 43.5 Å². The Labute approximate surface area is 201 Å². The van der Waals surface area contributed by atoms with Crippen LogP contribution in [0.4, 0.5) is 22.0 Å². The molecule has 0 aliphatic heterocycles. The standard InChI is InChI=1S/C22H18F5N7O2/c1-12(18-31-11-34(33-18)20-29-7-16(8-30-20)36-9-17(23)24)32-19(35)13-4-14(21(10-28)2-3-21)6-15(5-13)22(25,26)27/h4-8,11-12,17H,2-3,9H2,1H3,(H,32,35). The minimum atomic E-state index is -4.69. The van der Waals surface area contributed by atoms with Crippen LogP contribution in [0.2, 0.25) is 0 Å². The number of ether oxygens (including phenoxy) is 1. The maximum absolute atomic E-state index is 13.4. The molecule has 0 radical (unpaired) electrons. The van der Waals surface area contributed by atoms with Crippen molar-refractivity contribution in [2.24, 2.45) is 0 Å². The molecule has 3 aromatic rings. The van der Waals surface area contributed by atoms with Crippen LogP contribution in [0, 0.1) is 11.3 Å². The van der Waals surface area contributed by atoms with Crippen LogP contribution in [0.5, 0.6) is 5.75 Å². The van der Waals surface area contributed by atoms with Crippen LogP contribution in [-0.4, -0.2) is 43.7 Å². The number of carbonyl (C=O) groups excluding carboxylic acids is 1. The summed E-state index contributed by atoms with van der Waals surface area (Å²) in [6.07, 6.45) is -2.90. The van der Waals surface area contributed by atoms with E-state index in [4.69, 9.17) is 4.74 Å². The second-order valence-electron chi connectivity index (χ2n) is 8.15. The molecule has 1 amide bonds. The van der Waals surface area contributed by atoms with Crippen LogP contribution in [0.25, 0.3) is 5.95 Å². The van der Waals surface area contributed by atoms with E-state index in [1.165, 1.54) is 36.4 Å². The molecule has 1 aliphatic rings. The number of aromatic nitrogens is 5. The SMILES string of the molecule is CC(NC(=O)c1cc(C(F)(F)F)cc(C2(C#N)CC2)c1)c1ncn(-c2ncc(OCC(F)F)cn2)n1. The van der Waals surface area contributed by atoms with E-state index in [0.29, 0.717) is 12.8 Å². The summed E-state index contributed by atoms with van der Waals surface area (Å²) in [5, 5.41) is 16.1. The van der Waals surface area contributed by atoms with E-state index in [2.05, 4.69) is 25.4 Å². The monoisotopic (exact) mass is 507 g/mol. The van der Waals surface area contributed by atoms with Crippen molar-refractivity contribution in [2.75, 3.05) is 6.61 Å². The average molecular weight is 507 g/mol. The Bertz CT molecular complexity index is 1300. The molecule has 1 aliphatic carbocycles. The molecule has 14 heteroatoms. The van der Waals surface area contributed by atoms with Crippen molar-refractivity contribution >= 4 is 5.91 Å².